The molecule has 0 saturated carbocycles. The molecule has 8 aliphatic rings. The van der Waals surface area contributed by atoms with E-state index in [4.69, 9.17) is 66.3 Å². The lowest BCUT2D eigenvalue weighted by atomic mass is 9.79. The Morgan fingerprint density at radius 1 is 0.516 bits per heavy atom. The first kappa shape index (κ1) is 104. The molecule has 37 nitrogen and oxygen atoms in total. The van der Waals surface area contributed by atoms with Crippen LogP contribution in [-0.2, 0) is 75.9 Å². The van der Waals surface area contributed by atoms with Crippen molar-refractivity contribution >= 4 is 11.9 Å². The summed E-state index contributed by atoms with van der Waals surface area (Å²) in [4.78, 5) is 26.6. The van der Waals surface area contributed by atoms with Gasteiger partial charge in [0, 0.05) is 94.0 Å². The first-order valence-electron chi connectivity index (χ1n) is 43.7. The quantitative estimate of drug-likeness (QED) is 0.0592. The van der Waals surface area contributed by atoms with Crippen LogP contribution < -0.4 is 5.32 Å². The van der Waals surface area contributed by atoms with E-state index in [1.165, 1.54) is 58.9 Å². The Bertz CT molecular complexity index is 3210. The van der Waals surface area contributed by atoms with Crippen LogP contribution in [0.15, 0.2) is 48.6 Å². The number of carbonyl (C=O) groups excluding carboxylic acids is 2. The number of amides is 1. The highest BCUT2D eigenvalue weighted by molar-refractivity contribution is 5.82. The molecule has 0 radical (unpaired) electrons. The van der Waals surface area contributed by atoms with Gasteiger partial charge in [-0.3, -0.25) is 4.79 Å². The van der Waals surface area contributed by atoms with Crippen molar-refractivity contribution in [1.82, 2.24) is 5.32 Å². The molecule has 706 valence electrons. The molecule has 21 N–H and O–H groups in total. The third-order valence-corrected chi connectivity index (χ3v) is 26.0. The monoisotopic (exact) mass is 1760 g/mol. The Labute approximate surface area is 714 Å². The summed E-state index contributed by atoms with van der Waals surface area (Å²) in [5, 5.41) is 232. The Hall–Kier alpha value is -3.42. The molecule has 8 rings (SSSR count). The number of rotatable bonds is 21. The smallest absolute Gasteiger partial charge is 0.331 e. The standard InChI is InChI=1S/C85H145NO36/c1-14-58(115-67-30-28-60(45(9)110-67)116-66-29-27-53(92)44(8)109-66)41(5)70(98)43(7)71(99)42(6)59-23-19-15-17-22-51(90)32-54(93)39(3)55(94)33-61(117-82-69(86-49(13)88)76(104)75(103)64(37-87)119-82)40(4)62-34-57(96)81(107)85(108,122-62)36-63(38(2)25-26-52(91)31-50(89)21-18-16-20-24-65(97)114-59)118-84-80(121-83-78(106)77(105)73(101)47(11)112-83)79(74(102)48(12)113-84)120-68-35-56(95)72(100)46(10)111-68/h15-20,22,24,38-48,50-64,66-84,87,89-96,98-108H,14,21,23,25-37H2,1-13H3,(H,86,88)/b18-16-,19-15-,22-17-,24-20?/t38?,39?,40?,41?,42?,43?,44-,45-,46-,47-,48-,50?,51?,52?,53+,54?,55?,56-,57?,58?,59?,60+,61?,62?,63?,64-,66+,67+,68+,69-,70?,71?,72-,73-,74-,75+,76-,77+,78-,79+,80-,81?,82-,83+,84+,85?/m1/s1. The average molecular weight is 1760 g/mol. The van der Waals surface area contributed by atoms with E-state index in [0.29, 0.717) is 32.1 Å². The van der Waals surface area contributed by atoms with Crippen LogP contribution in [0.3, 0.4) is 0 Å². The highest BCUT2D eigenvalue weighted by atomic mass is 16.8. The molecule has 0 aromatic rings. The zero-order valence-electron chi connectivity index (χ0n) is 72.4. The van der Waals surface area contributed by atoms with Gasteiger partial charge in [-0.05, 0) is 85.5 Å². The third-order valence-electron chi connectivity index (χ3n) is 26.0. The molecule has 0 aliphatic carbocycles. The molecular formula is C85H145NO36. The Balaban J connectivity index is 1.08. The lowest BCUT2D eigenvalue weighted by Crippen LogP contribution is -2.66. The van der Waals surface area contributed by atoms with Crippen LogP contribution in [0.25, 0.3) is 0 Å². The lowest BCUT2D eigenvalue weighted by molar-refractivity contribution is -0.391. The number of hydrogen-bond donors (Lipinski definition) is 21. The summed E-state index contributed by atoms with van der Waals surface area (Å²) in [6.07, 6.45) is -39.4. The number of cyclic esters (lactones) is 1. The first-order valence-corrected chi connectivity index (χ1v) is 43.7. The molecule has 21 unspecified atom stereocenters. The van der Waals surface area contributed by atoms with Gasteiger partial charge in [0.1, 0.15) is 79.3 Å². The fourth-order valence-electron chi connectivity index (χ4n) is 17.5. The molecule has 0 aromatic carbocycles. The van der Waals surface area contributed by atoms with Crippen LogP contribution in [0.1, 0.15) is 186 Å². The van der Waals surface area contributed by atoms with Gasteiger partial charge in [-0.2, -0.15) is 0 Å². The summed E-state index contributed by atoms with van der Waals surface area (Å²) in [6.45, 7) is 19.9. The fraction of sp³-hybridized carbons (Fsp3) is 0.882. The van der Waals surface area contributed by atoms with Gasteiger partial charge in [0.05, 0.1) is 129 Å². The zero-order chi connectivity index (χ0) is 90.2. The molecule has 8 heterocycles. The average Bonchev–Trinajstić information content (AvgIpc) is 0.775. The molecule has 1 amide bonds. The summed E-state index contributed by atoms with van der Waals surface area (Å²) < 4.78 is 88.0. The van der Waals surface area contributed by atoms with E-state index >= 15 is 0 Å². The molecule has 122 heavy (non-hydrogen) atoms. The van der Waals surface area contributed by atoms with Crippen molar-refractivity contribution in [1.29, 1.82) is 0 Å². The van der Waals surface area contributed by atoms with E-state index in [2.05, 4.69) is 5.32 Å². The van der Waals surface area contributed by atoms with E-state index in [9.17, 15) is 112 Å². The number of carbonyl (C=O) groups is 2. The number of nitrogens with one attached hydrogen (secondary N) is 1. The van der Waals surface area contributed by atoms with Gasteiger partial charge in [-0.25, -0.2) is 4.79 Å². The molecule has 7 saturated heterocycles. The number of aliphatic hydroxyl groups is 20. The summed E-state index contributed by atoms with van der Waals surface area (Å²) >= 11 is 0. The van der Waals surface area contributed by atoms with E-state index in [1.54, 1.807) is 45.9 Å². The van der Waals surface area contributed by atoms with E-state index in [0.717, 1.165) is 13.0 Å². The maximum Gasteiger partial charge on any atom is 0.331 e. The summed E-state index contributed by atoms with van der Waals surface area (Å²) in [5.41, 5.74) is 0. The predicted octanol–water partition coefficient (Wildman–Crippen LogP) is -1.33. The van der Waals surface area contributed by atoms with Crippen LogP contribution >= 0.6 is 0 Å². The SMILES string of the molecule is CCC(O[C@H]1CC[C@H](O[C@H]2CC[C@H](O)[C@@H](C)O2)[C@@H](C)O1)C(C)C(O)C(C)C(O)C(C)C1C/C=C\C=C/C(O)CC(O)C(C)C(O)CC(O[C@@H]2O[C@H](CO)[C@H](O)[C@H](O)[C@H]2NC(C)=O)C(C)C2CC(O)C(O)C(O)(CC(O[C@@H]3O[C@H](C)[C@@H](O)[C@H](O[C@H]4C[C@@H](O)[C@H](O)[C@@H](C)O4)[C@H]3O[C@@H]3O[C@H](C)[C@@H](O)[C@H](O)[C@H]3O)C(C)CCC(O)CC(O)C/C=C\C=CC(=O)O1)O2. The van der Waals surface area contributed by atoms with E-state index in [-0.39, 0.29) is 63.3 Å². The van der Waals surface area contributed by atoms with Crippen LogP contribution in [0.4, 0.5) is 0 Å². The van der Waals surface area contributed by atoms with Crippen LogP contribution in [0.5, 0.6) is 0 Å². The highest BCUT2D eigenvalue weighted by Gasteiger charge is 2.57. The van der Waals surface area contributed by atoms with Gasteiger partial charge in [0.15, 0.2) is 43.5 Å². The summed E-state index contributed by atoms with van der Waals surface area (Å²) in [6, 6.07) is -1.56. The second-order valence-electron chi connectivity index (χ2n) is 35.5. The van der Waals surface area contributed by atoms with Crippen molar-refractivity contribution in [3.63, 3.8) is 0 Å². The molecule has 37 heteroatoms. The maximum absolute atomic E-state index is 13.8. The second kappa shape index (κ2) is 47.9. The highest BCUT2D eigenvalue weighted by Crippen LogP contribution is 2.43. The number of esters is 1. The van der Waals surface area contributed by atoms with Gasteiger partial charge < -0.3 is 174 Å². The van der Waals surface area contributed by atoms with Crippen molar-refractivity contribution in [3.05, 3.63) is 48.6 Å². The molecule has 46 atom stereocenters. The maximum atomic E-state index is 13.8. The van der Waals surface area contributed by atoms with Crippen molar-refractivity contribution in [2.75, 3.05) is 6.61 Å². The van der Waals surface area contributed by atoms with Crippen LogP contribution in [0, 0.1) is 35.5 Å². The second-order valence-corrected chi connectivity index (χ2v) is 35.5. The Morgan fingerprint density at radius 3 is 1.81 bits per heavy atom. The van der Waals surface area contributed by atoms with E-state index < -0.39 is 300 Å². The molecular weight excluding hydrogens is 1610 g/mol. The van der Waals surface area contributed by atoms with Gasteiger partial charge in [-0.15, -0.1) is 0 Å². The van der Waals surface area contributed by atoms with Gasteiger partial charge in [0.2, 0.25) is 5.91 Å². The summed E-state index contributed by atoms with van der Waals surface area (Å²) in [5.74, 6) is -9.86. The van der Waals surface area contributed by atoms with Crippen molar-refractivity contribution in [2.24, 2.45) is 35.5 Å². The number of ether oxygens (including phenoxy) is 14. The van der Waals surface area contributed by atoms with Gasteiger partial charge in [0.25, 0.3) is 0 Å². The summed E-state index contributed by atoms with van der Waals surface area (Å²) in [7, 11) is 0. The Kier molecular flexibility index (Phi) is 40.8. The van der Waals surface area contributed by atoms with Gasteiger partial charge in [-0.1, -0.05) is 91.0 Å². The van der Waals surface area contributed by atoms with Crippen molar-refractivity contribution in [3.8, 4) is 0 Å². The van der Waals surface area contributed by atoms with Gasteiger partial charge >= 0.3 is 5.97 Å². The van der Waals surface area contributed by atoms with Crippen molar-refractivity contribution < 1.29 is 178 Å². The molecule has 7 fully saturated rings. The number of hydrogen-bond acceptors (Lipinski definition) is 36. The lowest BCUT2D eigenvalue weighted by Gasteiger charge is -2.50. The van der Waals surface area contributed by atoms with Crippen LogP contribution in [-0.4, -0.2) is 366 Å². The molecule has 2 bridgehead atoms. The number of aliphatic hydroxyl groups excluding tert-OH is 19. The number of allylic oxidation sites excluding steroid dienone is 4. The minimum atomic E-state index is -2.89. The van der Waals surface area contributed by atoms with E-state index in [1.807, 2.05) is 20.8 Å². The third kappa shape index (κ3) is 28.1. The minimum Gasteiger partial charge on any atom is -0.458 e. The normalized spacial score (nSPS) is 47.0. The number of fused-ring (bicyclic) bond motifs is 2. The zero-order valence-corrected chi connectivity index (χ0v) is 72.4. The molecule has 0 aromatic heterocycles. The minimum absolute atomic E-state index is 0.00178. The fourth-order valence-corrected chi connectivity index (χ4v) is 17.5. The van der Waals surface area contributed by atoms with Crippen LogP contribution in [0.2, 0.25) is 0 Å². The molecule has 8 aliphatic heterocycles. The predicted molar refractivity (Wildman–Crippen MR) is 429 cm³/mol. The molecule has 0 spiro atoms. The topological polar surface area (TPSA) is 580 Å². The first-order chi connectivity index (χ1) is 57.4. The largest absolute Gasteiger partial charge is 0.458 e. The van der Waals surface area contributed by atoms with Crippen molar-refractivity contribution in [2.45, 2.75) is 431 Å². The Morgan fingerprint density at radius 2 is 1.15 bits per heavy atom.